The lowest BCUT2D eigenvalue weighted by atomic mass is 9.91. The minimum absolute atomic E-state index is 0.0257. The SMILES string of the molecule is COc1cc(C(=O)N(C(=O)c2cc(OC)c(OC)c(OC)c2)C2=C(Cl)C(=O)c3ccccc3C2=O)cc(OC)c1OC. The van der Waals surface area contributed by atoms with Crippen LogP contribution < -0.4 is 28.4 Å². The molecular weight excluding hydrogens is 570 g/mol. The lowest BCUT2D eigenvalue weighted by Gasteiger charge is -2.28. The standard InChI is InChI=1S/C30H26ClNO10/c1-37-19-11-15(12-20(38-2)27(19)41-5)29(35)32(24-23(31)25(33)17-9-7-8-10-18(17)26(24)34)30(36)16-13-21(39-3)28(42-6)22(14-16)40-4/h7-14H,1-6H3. The lowest BCUT2D eigenvalue weighted by Crippen LogP contribution is -2.41. The van der Waals surface area contributed by atoms with Crippen molar-refractivity contribution in [3.05, 3.63) is 81.5 Å². The number of halogens is 1. The fourth-order valence-electron chi connectivity index (χ4n) is 4.49. The molecule has 0 aromatic heterocycles. The summed E-state index contributed by atoms with van der Waals surface area (Å²) in [5, 5.41) is -0.611. The maximum atomic E-state index is 14.2. The molecule has 3 aromatic carbocycles. The number of Topliss-reactive ketones (excluding diaryl/α,β-unsaturated/α-hetero) is 2. The fourth-order valence-corrected chi connectivity index (χ4v) is 4.77. The Morgan fingerprint density at radius 1 is 0.595 bits per heavy atom. The van der Waals surface area contributed by atoms with Crippen LogP contribution in [0.5, 0.6) is 34.5 Å². The van der Waals surface area contributed by atoms with Crippen LogP contribution in [0.25, 0.3) is 0 Å². The van der Waals surface area contributed by atoms with Gasteiger partial charge in [0.05, 0.1) is 42.7 Å². The zero-order valence-electron chi connectivity index (χ0n) is 23.5. The van der Waals surface area contributed by atoms with Crippen molar-refractivity contribution < 1.29 is 47.6 Å². The number of carbonyl (C=O) groups is 4. The maximum Gasteiger partial charge on any atom is 0.265 e. The summed E-state index contributed by atoms with van der Waals surface area (Å²) < 4.78 is 32.1. The van der Waals surface area contributed by atoms with Gasteiger partial charge in [-0.15, -0.1) is 0 Å². The molecule has 0 heterocycles. The quantitative estimate of drug-likeness (QED) is 0.325. The predicted molar refractivity (Wildman–Crippen MR) is 151 cm³/mol. The van der Waals surface area contributed by atoms with Crippen LogP contribution in [0.1, 0.15) is 41.4 Å². The number of hydrogen-bond donors (Lipinski definition) is 0. The molecule has 0 atom stereocenters. The van der Waals surface area contributed by atoms with Crippen molar-refractivity contribution in [3.8, 4) is 34.5 Å². The number of benzene rings is 3. The average molecular weight is 596 g/mol. The first-order chi connectivity index (χ1) is 20.2. The number of allylic oxidation sites excluding steroid dienone is 2. The molecule has 1 aliphatic rings. The van der Waals surface area contributed by atoms with Crippen molar-refractivity contribution >= 4 is 35.0 Å². The van der Waals surface area contributed by atoms with E-state index in [0.717, 1.165) is 0 Å². The zero-order chi connectivity index (χ0) is 30.7. The summed E-state index contributed by atoms with van der Waals surface area (Å²) in [5.41, 5.74) is -0.889. The molecule has 0 unspecified atom stereocenters. The molecule has 0 saturated carbocycles. The van der Waals surface area contributed by atoms with Crippen LogP contribution in [0, 0.1) is 0 Å². The molecule has 0 spiro atoms. The molecule has 2 amide bonds. The Bertz CT molecular complexity index is 1520. The number of amides is 2. The van der Waals surface area contributed by atoms with E-state index < -0.39 is 34.1 Å². The van der Waals surface area contributed by atoms with E-state index in [1.54, 1.807) is 12.1 Å². The molecule has 0 radical (unpaired) electrons. The van der Waals surface area contributed by atoms with Gasteiger partial charge in [-0.3, -0.25) is 19.2 Å². The second-order valence-corrected chi connectivity index (χ2v) is 9.02. The first-order valence-corrected chi connectivity index (χ1v) is 12.6. The third-order valence-electron chi connectivity index (χ3n) is 6.49. The summed E-state index contributed by atoms with van der Waals surface area (Å²) in [7, 11) is 8.18. The number of nitrogens with zero attached hydrogens (tertiary/aromatic N) is 1. The van der Waals surface area contributed by atoms with Crippen LogP contribution >= 0.6 is 11.6 Å². The van der Waals surface area contributed by atoms with Crippen molar-refractivity contribution in [1.82, 2.24) is 4.90 Å². The van der Waals surface area contributed by atoms with Gasteiger partial charge in [-0.25, -0.2) is 4.90 Å². The highest BCUT2D eigenvalue weighted by molar-refractivity contribution is 6.50. The Morgan fingerprint density at radius 2 is 0.952 bits per heavy atom. The third kappa shape index (κ3) is 4.99. The van der Waals surface area contributed by atoms with E-state index in [0.29, 0.717) is 4.90 Å². The minimum atomic E-state index is -1.01. The van der Waals surface area contributed by atoms with Gasteiger partial charge in [0.25, 0.3) is 11.8 Å². The molecule has 0 bridgehead atoms. The Kier molecular flexibility index (Phi) is 8.72. The lowest BCUT2D eigenvalue weighted by molar-refractivity contribution is 0.0640. The van der Waals surface area contributed by atoms with Crippen molar-refractivity contribution in [1.29, 1.82) is 0 Å². The number of methoxy groups -OCH3 is 6. The predicted octanol–water partition coefficient (Wildman–Crippen LogP) is 4.55. The first kappa shape index (κ1) is 29.9. The summed E-state index contributed by atoms with van der Waals surface area (Å²) in [6, 6.07) is 11.2. The molecule has 4 rings (SSSR count). The number of hydrogen-bond acceptors (Lipinski definition) is 10. The van der Waals surface area contributed by atoms with Crippen molar-refractivity contribution in [3.63, 3.8) is 0 Å². The highest BCUT2D eigenvalue weighted by Crippen LogP contribution is 2.41. The molecule has 11 nitrogen and oxygen atoms in total. The molecule has 218 valence electrons. The summed E-state index contributed by atoms with van der Waals surface area (Å²) in [5.74, 6) is -2.76. The number of carbonyl (C=O) groups excluding carboxylic acids is 4. The van der Waals surface area contributed by atoms with E-state index in [-0.39, 0.29) is 56.8 Å². The van der Waals surface area contributed by atoms with Gasteiger partial charge >= 0.3 is 0 Å². The smallest absolute Gasteiger partial charge is 0.265 e. The van der Waals surface area contributed by atoms with Gasteiger partial charge in [-0.05, 0) is 24.3 Å². The second kappa shape index (κ2) is 12.2. The Labute approximate surface area is 246 Å². The summed E-state index contributed by atoms with van der Waals surface area (Å²) in [4.78, 5) is 56.1. The highest BCUT2D eigenvalue weighted by Gasteiger charge is 2.41. The van der Waals surface area contributed by atoms with Crippen LogP contribution in [-0.2, 0) is 0 Å². The molecule has 0 saturated heterocycles. The van der Waals surface area contributed by atoms with E-state index in [1.165, 1.54) is 79.1 Å². The van der Waals surface area contributed by atoms with E-state index >= 15 is 0 Å². The van der Waals surface area contributed by atoms with E-state index in [9.17, 15) is 19.2 Å². The second-order valence-electron chi connectivity index (χ2n) is 8.64. The van der Waals surface area contributed by atoms with Gasteiger partial charge in [-0.1, -0.05) is 35.9 Å². The van der Waals surface area contributed by atoms with Gasteiger partial charge in [0.15, 0.2) is 23.0 Å². The Balaban J connectivity index is 2.00. The van der Waals surface area contributed by atoms with Crippen LogP contribution in [0.4, 0.5) is 0 Å². The van der Waals surface area contributed by atoms with Crippen LogP contribution in [-0.4, -0.2) is 70.9 Å². The van der Waals surface area contributed by atoms with Crippen molar-refractivity contribution in [2.24, 2.45) is 0 Å². The molecule has 0 N–H and O–H groups in total. The summed E-state index contributed by atoms with van der Waals surface area (Å²) in [6.45, 7) is 0. The molecule has 1 aliphatic carbocycles. The van der Waals surface area contributed by atoms with E-state index in [2.05, 4.69) is 0 Å². The van der Waals surface area contributed by atoms with Crippen molar-refractivity contribution in [2.45, 2.75) is 0 Å². The van der Waals surface area contributed by atoms with Crippen LogP contribution in [0.2, 0.25) is 0 Å². The van der Waals surface area contributed by atoms with Crippen molar-refractivity contribution in [2.75, 3.05) is 42.7 Å². The first-order valence-electron chi connectivity index (χ1n) is 12.2. The molecule has 42 heavy (non-hydrogen) atoms. The minimum Gasteiger partial charge on any atom is -0.493 e. The third-order valence-corrected chi connectivity index (χ3v) is 6.84. The van der Waals surface area contributed by atoms with Crippen LogP contribution in [0.15, 0.2) is 59.3 Å². The Morgan fingerprint density at radius 3 is 1.29 bits per heavy atom. The Hall–Kier alpha value is -5.03. The fraction of sp³-hybridized carbons (Fsp3) is 0.200. The largest absolute Gasteiger partial charge is 0.493 e. The summed E-state index contributed by atoms with van der Waals surface area (Å²) in [6.07, 6.45) is 0. The van der Waals surface area contributed by atoms with Gasteiger partial charge in [-0.2, -0.15) is 0 Å². The normalized spacial score (nSPS) is 12.4. The van der Waals surface area contributed by atoms with E-state index in [4.69, 9.17) is 40.0 Å². The number of rotatable bonds is 9. The number of fused-ring (bicyclic) bond motifs is 1. The average Bonchev–Trinajstić information content (AvgIpc) is 3.03. The zero-order valence-corrected chi connectivity index (χ0v) is 24.3. The summed E-state index contributed by atoms with van der Waals surface area (Å²) >= 11 is 6.47. The van der Waals surface area contributed by atoms with E-state index in [1.807, 2.05) is 0 Å². The molecule has 0 aliphatic heterocycles. The molecule has 12 heteroatoms. The number of ether oxygens (including phenoxy) is 6. The monoisotopic (exact) mass is 595 g/mol. The van der Waals surface area contributed by atoms with Gasteiger partial charge in [0.1, 0.15) is 10.7 Å². The number of ketones is 2. The number of imide groups is 1. The topological polar surface area (TPSA) is 127 Å². The van der Waals surface area contributed by atoms with Gasteiger partial charge in [0.2, 0.25) is 23.1 Å². The van der Waals surface area contributed by atoms with Crippen LogP contribution in [0.3, 0.4) is 0 Å². The van der Waals surface area contributed by atoms with Gasteiger partial charge < -0.3 is 28.4 Å². The molecular formula is C30H26ClNO10. The van der Waals surface area contributed by atoms with Gasteiger partial charge in [0, 0.05) is 22.3 Å². The maximum absolute atomic E-state index is 14.2. The molecule has 3 aromatic rings. The highest BCUT2D eigenvalue weighted by atomic mass is 35.5. The molecule has 0 fully saturated rings.